The monoisotopic (exact) mass is 279 g/mol. The Morgan fingerprint density at radius 1 is 1.32 bits per heavy atom. The molecule has 0 aliphatic rings. The highest BCUT2D eigenvalue weighted by Gasteiger charge is 2.10. The van der Waals surface area contributed by atoms with Crippen LogP contribution in [0.5, 0.6) is 0 Å². The molecule has 0 atom stereocenters. The van der Waals surface area contributed by atoms with Crippen molar-refractivity contribution in [2.24, 2.45) is 0 Å². The van der Waals surface area contributed by atoms with Crippen LogP contribution in [0.2, 0.25) is 5.02 Å². The number of nitrogens with one attached hydrogen (secondary N) is 1. The predicted octanol–water partition coefficient (Wildman–Crippen LogP) is 3.46. The van der Waals surface area contributed by atoms with Crippen LogP contribution in [0.15, 0.2) is 24.3 Å². The Labute approximate surface area is 116 Å². The fourth-order valence-corrected chi connectivity index (χ4v) is 1.99. The number of nitrogens with zero attached hydrogens (tertiary/aromatic N) is 2. The SMILES string of the molecule is CCc1cc(NC)nc(Cc2cccc(Cl)c2F)n1. The lowest BCUT2D eigenvalue weighted by molar-refractivity contribution is 0.612. The predicted molar refractivity (Wildman–Crippen MR) is 75.2 cm³/mol. The Hall–Kier alpha value is -1.68. The Morgan fingerprint density at radius 2 is 2.11 bits per heavy atom. The minimum absolute atomic E-state index is 0.123. The number of halogens is 2. The molecule has 0 aliphatic heterocycles. The maximum atomic E-state index is 13.8. The third-order valence-corrected chi connectivity index (χ3v) is 3.12. The summed E-state index contributed by atoms with van der Waals surface area (Å²) in [5.74, 6) is 0.926. The molecule has 2 rings (SSSR count). The van der Waals surface area contributed by atoms with Crippen molar-refractivity contribution in [3.05, 3.63) is 52.2 Å². The van der Waals surface area contributed by atoms with E-state index >= 15 is 0 Å². The van der Waals surface area contributed by atoms with E-state index in [2.05, 4.69) is 15.3 Å². The second-order valence-electron chi connectivity index (χ2n) is 4.15. The van der Waals surface area contributed by atoms with E-state index in [-0.39, 0.29) is 5.02 Å². The molecule has 0 bridgehead atoms. The van der Waals surface area contributed by atoms with Gasteiger partial charge in [0.2, 0.25) is 0 Å². The van der Waals surface area contributed by atoms with E-state index in [0.29, 0.717) is 17.8 Å². The molecule has 1 aromatic carbocycles. The molecule has 1 N–H and O–H groups in total. The molecule has 3 nitrogen and oxygen atoms in total. The van der Waals surface area contributed by atoms with Gasteiger partial charge in [0.15, 0.2) is 0 Å². The quantitative estimate of drug-likeness (QED) is 0.931. The highest BCUT2D eigenvalue weighted by atomic mass is 35.5. The molecule has 0 radical (unpaired) electrons. The first-order valence-corrected chi connectivity index (χ1v) is 6.49. The first kappa shape index (κ1) is 13.7. The molecule has 0 spiro atoms. The van der Waals surface area contributed by atoms with Gasteiger partial charge in [-0.05, 0) is 18.1 Å². The molecule has 1 heterocycles. The van der Waals surface area contributed by atoms with Crippen LogP contribution in [0.1, 0.15) is 24.0 Å². The molecule has 0 saturated heterocycles. The van der Waals surface area contributed by atoms with Crippen molar-refractivity contribution in [2.45, 2.75) is 19.8 Å². The topological polar surface area (TPSA) is 37.8 Å². The molecule has 5 heteroatoms. The maximum Gasteiger partial charge on any atom is 0.145 e. The van der Waals surface area contributed by atoms with Crippen molar-refractivity contribution in [3.63, 3.8) is 0 Å². The second-order valence-corrected chi connectivity index (χ2v) is 4.56. The van der Waals surface area contributed by atoms with Gasteiger partial charge < -0.3 is 5.32 Å². The number of anilines is 1. The Balaban J connectivity index is 2.34. The number of benzene rings is 1. The van der Waals surface area contributed by atoms with Crippen LogP contribution >= 0.6 is 11.6 Å². The van der Waals surface area contributed by atoms with Gasteiger partial charge in [-0.25, -0.2) is 14.4 Å². The van der Waals surface area contributed by atoms with Crippen LogP contribution in [-0.2, 0) is 12.8 Å². The largest absolute Gasteiger partial charge is 0.373 e. The van der Waals surface area contributed by atoms with Crippen molar-refractivity contribution in [1.82, 2.24) is 9.97 Å². The highest BCUT2D eigenvalue weighted by Crippen LogP contribution is 2.20. The summed E-state index contributed by atoms with van der Waals surface area (Å²) in [6, 6.07) is 6.84. The van der Waals surface area contributed by atoms with Gasteiger partial charge in [0.25, 0.3) is 0 Å². The van der Waals surface area contributed by atoms with Crippen molar-refractivity contribution in [2.75, 3.05) is 12.4 Å². The lowest BCUT2D eigenvalue weighted by Crippen LogP contribution is -2.05. The molecule has 19 heavy (non-hydrogen) atoms. The lowest BCUT2D eigenvalue weighted by Gasteiger charge is -2.08. The zero-order valence-electron chi connectivity index (χ0n) is 10.9. The van der Waals surface area contributed by atoms with Gasteiger partial charge in [-0.1, -0.05) is 30.7 Å². The van der Waals surface area contributed by atoms with Gasteiger partial charge in [-0.2, -0.15) is 0 Å². The van der Waals surface area contributed by atoms with Crippen molar-refractivity contribution >= 4 is 17.4 Å². The third-order valence-electron chi connectivity index (χ3n) is 2.82. The summed E-state index contributed by atoms with van der Waals surface area (Å²) < 4.78 is 13.8. The summed E-state index contributed by atoms with van der Waals surface area (Å²) >= 11 is 5.77. The molecule has 0 fully saturated rings. The summed E-state index contributed by atoms with van der Waals surface area (Å²) in [6.45, 7) is 2.02. The van der Waals surface area contributed by atoms with Gasteiger partial charge in [0, 0.05) is 25.2 Å². The smallest absolute Gasteiger partial charge is 0.145 e. The minimum atomic E-state index is -0.402. The third kappa shape index (κ3) is 3.20. The average molecular weight is 280 g/mol. The van der Waals surface area contributed by atoms with Crippen LogP contribution in [0.4, 0.5) is 10.2 Å². The van der Waals surface area contributed by atoms with Crippen LogP contribution in [0, 0.1) is 5.82 Å². The number of aryl methyl sites for hydroxylation is 1. The first-order valence-electron chi connectivity index (χ1n) is 6.11. The summed E-state index contributed by atoms with van der Waals surface area (Å²) in [6.07, 6.45) is 1.14. The van der Waals surface area contributed by atoms with Crippen molar-refractivity contribution in [3.8, 4) is 0 Å². The average Bonchev–Trinajstić information content (AvgIpc) is 2.43. The minimum Gasteiger partial charge on any atom is -0.373 e. The summed E-state index contributed by atoms with van der Waals surface area (Å²) in [5.41, 5.74) is 1.43. The second kappa shape index (κ2) is 5.97. The fraction of sp³-hybridized carbons (Fsp3) is 0.286. The Bertz CT molecular complexity index is 565. The summed E-state index contributed by atoms with van der Waals surface area (Å²) in [7, 11) is 1.80. The van der Waals surface area contributed by atoms with Gasteiger partial charge >= 0.3 is 0 Å². The van der Waals surface area contributed by atoms with E-state index < -0.39 is 5.82 Å². The van der Waals surface area contributed by atoms with Gasteiger partial charge in [0.05, 0.1) is 5.02 Å². The van der Waals surface area contributed by atoms with E-state index in [0.717, 1.165) is 17.9 Å². The summed E-state index contributed by atoms with van der Waals surface area (Å²) in [5, 5.41) is 3.11. The van der Waals surface area contributed by atoms with Crippen molar-refractivity contribution < 1.29 is 4.39 Å². The molecular weight excluding hydrogens is 265 g/mol. The normalized spacial score (nSPS) is 10.5. The lowest BCUT2D eigenvalue weighted by atomic mass is 10.1. The molecule has 0 aliphatic carbocycles. The van der Waals surface area contributed by atoms with Crippen LogP contribution in [-0.4, -0.2) is 17.0 Å². The van der Waals surface area contributed by atoms with Crippen LogP contribution in [0.3, 0.4) is 0 Å². The molecule has 0 saturated carbocycles. The number of aromatic nitrogens is 2. The maximum absolute atomic E-state index is 13.8. The molecule has 100 valence electrons. The Morgan fingerprint density at radius 3 is 2.79 bits per heavy atom. The van der Waals surface area contributed by atoms with Crippen LogP contribution < -0.4 is 5.32 Å². The number of hydrogen-bond donors (Lipinski definition) is 1. The zero-order valence-corrected chi connectivity index (χ0v) is 11.6. The van der Waals surface area contributed by atoms with Gasteiger partial charge in [0.1, 0.15) is 17.5 Å². The van der Waals surface area contributed by atoms with Gasteiger partial charge in [-0.15, -0.1) is 0 Å². The van der Waals surface area contributed by atoms with Crippen LogP contribution in [0.25, 0.3) is 0 Å². The van der Waals surface area contributed by atoms with Gasteiger partial charge in [-0.3, -0.25) is 0 Å². The molecule has 0 amide bonds. The summed E-state index contributed by atoms with van der Waals surface area (Å²) in [4.78, 5) is 8.74. The van der Waals surface area contributed by atoms with Crippen molar-refractivity contribution in [1.29, 1.82) is 0 Å². The van der Waals surface area contributed by atoms with E-state index in [9.17, 15) is 4.39 Å². The molecule has 2 aromatic rings. The number of hydrogen-bond acceptors (Lipinski definition) is 3. The zero-order chi connectivity index (χ0) is 13.8. The molecule has 0 unspecified atom stereocenters. The standard InChI is InChI=1S/C14H15ClFN3/c1-3-10-8-12(17-2)19-13(18-10)7-9-5-4-6-11(15)14(9)16/h4-6,8H,3,7H2,1-2H3,(H,17,18,19). The number of rotatable bonds is 4. The highest BCUT2D eigenvalue weighted by molar-refractivity contribution is 6.30. The van der Waals surface area contributed by atoms with E-state index in [1.165, 1.54) is 6.07 Å². The molecular formula is C14H15ClFN3. The Kier molecular flexibility index (Phi) is 4.32. The molecule has 1 aromatic heterocycles. The van der Waals surface area contributed by atoms with E-state index in [4.69, 9.17) is 11.6 Å². The van der Waals surface area contributed by atoms with E-state index in [1.54, 1.807) is 19.2 Å². The fourth-order valence-electron chi connectivity index (χ4n) is 1.80. The first-order chi connectivity index (χ1) is 9.13. The van der Waals surface area contributed by atoms with E-state index in [1.807, 2.05) is 13.0 Å².